The third-order valence-corrected chi connectivity index (χ3v) is 7.25. The van der Waals surface area contributed by atoms with Gasteiger partial charge in [-0.3, -0.25) is 15.5 Å². The highest BCUT2D eigenvalue weighted by Gasteiger charge is 2.38. The van der Waals surface area contributed by atoms with Gasteiger partial charge in [0.05, 0.1) is 9.82 Å². The van der Waals surface area contributed by atoms with Gasteiger partial charge in [0.2, 0.25) is 10.0 Å². The van der Waals surface area contributed by atoms with Crippen LogP contribution in [0.3, 0.4) is 0 Å². The van der Waals surface area contributed by atoms with Gasteiger partial charge in [-0.05, 0) is 43.7 Å². The number of allylic oxidation sites excluding steroid dienone is 2. The molecular weight excluding hydrogens is 356 g/mol. The van der Waals surface area contributed by atoms with E-state index in [0.29, 0.717) is 24.9 Å². The van der Waals surface area contributed by atoms with E-state index in [4.69, 9.17) is 0 Å². The maximum atomic E-state index is 12.6. The third-order valence-electron chi connectivity index (χ3n) is 5.35. The lowest BCUT2D eigenvalue weighted by molar-refractivity contribution is -0.384. The fourth-order valence-electron chi connectivity index (χ4n) is 3.79. The van der Waals surface area contributed by atoms with Crippen molar-refractivity contribution < 1.29 is 13.3 Å². The van der Waals surface area contributed by atoms with Crippen LogP contribution >= 0.6 is 0 Å². The summed E-state index contributed by atoms with van der Waals surface area (Å²) in [5.41, 5.74) is 3.69. The minimum atomic E-state index is -3.69. The maximum absolute atomic E-state index is 12.6. The molecule has 26 heavy (non-hydrogen) atoms. The van der Waals surface area contributed by atoms with E-state index >= 15 is 0 Å². The molecule has 0 bridgehead atoms. The lowest BCUT2D eigenvalue weighted by Crippen LogP contribution is -2.33. The number of fused-ring (bicyclic) bond motifs is 1. The number of hydrogen-bond acceptors (Lipinski definition) is 6. The van der Waals surface area contributed by atoms with Crippen LogP contribution in [0.2, 0.25) is 0 Å². The van der Waals surface area contributed by atoms with Gasteiger partial charge in [-0.2, -0.15) is 9.41 Å². The molecule has 4 rings (SSSR count). The van der Waals surface area contributed by atoms with Crippen LogP contribution in [0, 0.1) is 22.0 Å². The van der Waals surface area contributed by atoms with E-state index in [1.807, 2.05) is 0 Å². The Kier molecular flexibility index (Phi) is 4.28. The molecule has 3 aliphatic rings. The lowest BCUT2D eigenvalue weighted by Gasteiger charge is -2.31. The molecule has 0 radical (unpaired) electrons. The van der Waals surface area contributed by atoms with Gasteiger partial charge in [-0.25, -0.2) is 8.42 Å². The molecule has 2 fully saturated rings. The standard InChI is InChI=1S/C17H20N4O4S/c22-21(23)17-11-13(26(24,25)20-8-1-2-9-20)6-7-15(17)18-19-16-10-12-4-3-5-14(12)16/h3-4,6-7,11-12,14,18H,1-2,5,8-10H2/b19-16+. The normalized spacial score (nSPS) is 26.7. The molecule has 2 aliphatic carbocycles. The van der Waals surface area contributed by atoms with Crippen LogP contribution in [0.5, 0.6) is 0 Å². The fourth-order valence-corrected chi connectivity index (χ4v) is 5.33. The van der Waals surface area contributed by atoms with Crippen molar-refractivity contribution in [3.63, 3.8) is 0 Å². The van der Waals surface area contributed by atoms with E-state index in [9.17, 15) is 18.5 Å². The first kappa shape index (κ1) is 17.2. The average Bonchev–Trinajstić information content (AvgIpc) is 3.25. The highest BCUT2D eigenvalue weighted by atomic mass is 32.2. The second-order valence-electron chi connectivity index (χ2n) is 6.90. The van der Waals surface area contributed by atoms with Crippen LogP contribution in [0.1, 0.15) is 25.7 Å². The van der Waals surface area contributed by atoms with Crippen LogP contribution in [-0.4, -0.2) is 36.4 Å². The molecule has 0 aromatic heterocycles. The van der Waals surface area contributed by atoms with E-state index in [-0.39, 0.29) is 16.3 Å². The number of hydrazone groups is 1. The molecule has 1 aromatic rings. The minimum Gasteiger partial charge on any atom is -0.272 e. The van der Waals surface area contributed by atoms with Crippen molar-refractivity contribution in [1.82, 2.24) is 4.31 Å². The van der Waals surface area contributed by atoms with Crippen molar-refractivity contribution in [2.45, 2.75) is 30.6 Å². The van der Waals surface area contributed by atoms with Crippen molar-refractivity contribution in [1.29, 1.82) is 0 Å². The van der Waals surface area contributed by atoms with Gasteiger partial charge >= 0.3 is 0 Å². The minimum absolute atomic E-state index is 0.0481. The number of hydrogen-bond donors (Lipinski definition) is 1. The molecular formula is C17H20N4O4S. The molecule has 8 nitrogen and oxygen atoms in total. The first-order chi connectivity index (χ1) is 12.5. The molecule has 0 spiro atoms. The number of benzene rings is 1. The molecule has 1 aromatic carbocycles. The third kappa shape index (κ3) is 2.90. The Morgan fingerprint density at radius 3 is 2.73 bits per heavy atom. The average molecular weight is 376 g/mol. The second-order valence-corrected chi connectivity index (χ2v) is 8.84. The first-order valence-electron chi connectivity index (χ1n) is 8.74. The van der Waals surface area contributed by atoms with Crippen LogP contribution in [0.4, 0.5) is 11.4 Å². The Morgan fingerprint density at radius 1 is 1.27 bits per heavy atom. The van der Waals surface area contributed by atoms with Gasteiger partial charge in [-0.1, -0.05) is 12.2 Å². The predicted octanol–water partition coefficient (Wildman–Crippen LogP) is 2.74. The Balaban J connectivity index is 1.58. The quantitative estimate of drug-likeness (QED) is 0.483. The van der Waals surface area contributed by atoms with Gasteiger partial charge in [0.25, 0.3) is 5.69 Å². The van der Waals surface area contributed by atoms with E-state index in [1.165, 1.54) is 16.4 Å². The summed E-state index contributed by atoms with van der Waals surface area (Å²) in [5, 5.41) is 15.7. The smallest absolute Gasteiger partial charge is 0.272 e. The fraction of sp³-hybridized carbons (Fsp3) is 0.471. The molecule has 1 N–H and O–H groups in total. The van der Waals surface area contributed by atoms with Gasteiger partial charge in [0, 0.05) is 30.8 Å². The summed E-state index contributed by atoms with van der Waals surface area (Å²) < 4.78 is 26.6. The number of nitro groups is 1. The molecule has 1 saturated heterocycles. The molecule has 1 heterocycles. The van der Waals surface area contributed by atoms with Gasteiger partial charge < -0.3 is 0 Å². The highest BCUT2D eigenvalue weighted by molar-refractivity contribution is 7.89. The summed E-state index contributed by atoms with van der Waals surface area (Å²) in [6.45, 7) is 0.917. The number of anilines is 1. The maximum Gasteiger partial charge on any atom is 0.295 e. The van der Waals surface area contributed by atoms with Gasteiger partial charge in [0.1, 0.15) is 5.69 Å². The van der Waals surface area contributed by atoms with Crippen molar-refractivity contribution >= 4 is 27.1 Å². The second kappa shape index (κ2) is 6.48. The Labute approximate surface area is 151 Å². The molecule has 1 aliphatic heterocycles. The molecule has 9 heteroatoms. The molecule has 1 saturated carbocycles. The lowest BCUT2D eigenvalue weighted by atomic mass is 9.74. The predicted molar refractivity (Wildman–Crippen MR) is 97.5 cm³/mol. The highest BCUT2D eigenvalue weighted by Crippen LogP contribution is 2.40. The molecule has 2 atom stereocenters. The summed E-state index contributed by atoms with van der Waals surface area (Å²) in [6, 6.07) is 3.95. The number of nitro benzene ring substituents is 1. The summed E-state index contributed by atoms with van der Waals surface area (Å²) >= 11 is 0. The largest absolute Gasteiger partial charge is 0.295 e. The van der Waals surface area contributed by atoms with Crippen LogP contribution < -0.4 is 5.43 Å². The Morgan fingerprint density at radius 2 is 2.04 bits per heavy atom. The number of rotatable bonds is 5. The van der Waals surface area contributed by atoms with Crippen molar-refractivity contribution in [3.8, 4) is 0 Å². The Hall–Kier alpha value is -2.26. The van der Waals surface area contributed by atoms with Crippen molar-refractivity contribution in [3.05, 3.63) is 40.5 Å². The van der Waals surface area contributed by atoms with Crippen molar-refractivity contribution in [2.24, 2.45) is 16.9 Å². The zero-order chi connectivity index (χ0) is 18.3. The van der Waals surface area contributed by atoms with Crippen molar-refractivity contribution in [2.75, 3.05) is 18.5 Å². The molecule has 2 unspecified atom stereocenters. The van der Waals surface area contributed by atoms with Crippen LogP contribution in [-0.2, 0) is 10.0 Å². The zero-order valence-corrected chi connectivity index (χ0v) is 15.0. The number of nitrogens with zero attached hydrogens (tertiary/aromatic N) is 3. The van der Waals surface area contributed by atoms with Crippen LogP contribution in [0.25, 0.3) is 0 Å². The topological polar surface area (TPSA) is 105 Å². The number of nitrogens with one attached hydrogen (secondary N) is 1. The Bertz CT molecular complexity index is 903. The summed E-state index contributed by atoms with van der Waals surface area (Å²) in [5.74, 6) is 0.940. The van der Waals surface area contributed by atoms with Crippen LogP contribution in [0.15, 0.2) is 40.3 Å². The zero-order valence-electron chi connectivity index (χ0n) is 14.2. The molecule has 138 valence electrons. The SMILES string of the molecule is O=[N+]([O-])c1cc(S(=O)(=O)N2CCCC2)ccc1N/N=C1\CC2C=CCC12. The van der Waals surface area contributed by atoms with Gasteiger partial charge in [0.15, 0.2) is 0 Å². The van der Waals surface area contributed by atoms with E-state index in [0.717, 1.165) is 37.5 Å². The summed E-state index contributed by atoms with van der Waals surface area (Å²) in [6.07, 6.45) is 7.77. The monoisotopic (exact) mass is 376 g/mol. The summed E-state index contributed by atoms with van der Waals surface area (Å²) in [4.78, 5) is 10.8. The number of sulfonamides is 1. The molecule has 0 amide bonds. The van der Waals surface area contributed by atoms with E-state index in [1.54, 1.807) is 0 Å². The van der Waals surface area contributed by atoms with E-state index in [2.05, 4.69) is 22.7 Å². The van der Waals surface area contributed by atoms with Gasteiger partial charge in [-0.15, -0.1) is 0 Å². The van der Waals surface area contributed by atoms with E-state index < -0.39 is 14.9 Å². The first-order valence-corrected chi connectivity index (χ1v) is 10.2. The summed E-state index contributed by atoms with van der Waals surface area (Å²) in [7, 11) is -3.69.